The molecule has 0 saturated carbocycles. The molecule has 0 fully saturated rings. The number of halogens is 2. The third-order valence-corrected chi connectivity index (χ3v) is 3.14. The summed E-state index contributed by atoms with van der Waals surface area (Å²) in [5, 5.41) is 0. The molecular weight excluding hydrogens is 297 g/mol. The first-order chi connectivity index (χ1) is 8.49. The van der Waals surface area contributed by atoms with Crippen molar-refractivity contribution in [3.05, 3.63) is 63.1 Å². The van der Waals surface area contributed by atoms with Gasteiger partial charge in [-0.15, -0.1) is 0 Å². The summed E-state index contributed by atoms with van der Waals surface area (Å²) in [7, 11) is 0. The highest BCUT2D eigenvalue weighted by molar-refractivity contribution is 9.10. The molecule has 0 saturated heterocycles. The molecule has 0 N–H and O–H groups in total. The van der Waals surface area contributed by atoms with E-state index in [-0.39, 0.29) is 11.3 Å². The van der Waals surface area contributed by atoms with Crippen molar-refractivity contribution in [1.29, 1.82) is 0 Å². The third-order valence-electron chi connectivity index (χ3n) is 2.64. The molecule has 2 aromatic rings. The van der Waals surface area contributed by atoms with Gasteiger partial charge in [-0.2, -0.15) is 0 Å². The minimum absolute atomic E-state index is 0.0538. The van der Waals surface area contributed by atoms with Gasteiger partial charge < -0.3 is 0 Å². The predicted molar refractivity (Wildman–Crippen MR) is 71.2 cm³/mol. The Balaban J connectivity index is 2.51. The van der Waals surface area contributed by atoms with E-state index in [0.717, 1.165) is 5.69 Å². The zero-order valence-corrected chi connectivity index (χ0v) is 11.6. The van der Waals surface area contributed by atoms with Crippen LogP contribution in [-0.2, 0) is 0 Å². The molecule has 0 atom stereocenters. The van der Waals surface area contributed by atoms with Gasteiger partial charge >= 0.3 is 0 Å². The van der Waals surface area contributed by atoms with Gasteiger partial charge in [0.1, 0.15) is 5.82 Å². The third kappa shape index (κ3) is 2.48. The molecule has 1 aromatic heterocycles. The van der Waals surface area contributed by atoms with E-state index in [2.05, 4.69) is 20.9 Å². The topological polar surface area (TPSA) is 30.0 Å². The summed E-state index contributed by atoms with van der Waals surface area (Å²) in [5.41, 5.74) is 1.92. The SMILES string of the molecule is Cc1ccc(C(=O)c2cc(Br)ccc2F)c(C)n1. The molecule has 0 aliphatic carbocycles. The minimum atomic E-state index is -0.525. The maximum absolute atomic E-state index is 13.7. The highest BCUT2D eigenvalue weighted by atomic mass is 79.9. The van der Waals surface area contributed by atoms with Crippen molar-refractivity contribution < 1.29 is 9.18 Å². The number of ketones is 1. The van der Waals surface area contributed by atoms with E-state index in [1.807, 2.05) is 6.92 Å². The average molecular weight is 308 g/mol. The molecule has 18 heavy (non-hydrogen) atoms. The van der Waals surface area contributed by atoms with Crippen molar-refractivity contribution >= 4 is 21.7 Å². The van der Waals surface area contributed by atoms with E-state index in [4.69, 9.17) is 0 Å². The minimum Gasteiger partial charge on any atom is -0.288 e. The number of aromatic nitrogens is 1. The lowest BCUT2D eigenvalue weighted by Crippen LogP contribution is -2.08. The van der Waals surface area contributed by atoms with Crippen LogP contribution in [0.15, 0.2) is 34.8 Å². The summed E-state index contributed by atoms with van der Waals surface area (Å²) < 4.78 is 14.3. The maximum Gasteiger partial charge on any atom is 0.197 e. The second kappa shape index (κ2) is 4.98. The van der Waals surface area contributed by atoms with E-state index in [9.17, 15) is 9.18 Å². The molecule has 0 aliphatic rings. The number of nitrogens with zero attached hydrogens (tertiary/aromatic N) is 1. The maximum atomic E-state index is 13.7. The summed E-state index contributed by atoms with van der Waals surface area (Å²) in [5.74, 6) is -0.873. The molecule has 0 radical (unpaired) electrons. The molecule has 92 valence electrons. The molecule has 4 heteroatoms. The molecule has 2 nitrogen and oxygen atoms in total. The first kappa shape index (κ1) is 12.9. The summed E-state index contributed by atoms with van der Waals surface area (Å²) in [6.45, 7) is 3.59. The van der Waals surface area contributed by atoms with E-state index in [0.29, 0.717) is 15.7 Å². The Morgan fingerprint density at radius 1 is 1.17 bits per heavy atom. The Hall–Kier alpha value is -1.55. The Morgan fingerprint density at radius 3 is 2.56 bits per heavy atom. The summed E-state index contributed by atoms with van der Waals surface area (Å²) in [6.07, 6.45) is 0. The van der Waals surface area contributed by atoms with Crippen LogP contribution in [0.4, 0.5) is 4.39 Å². The van der Waals surface area contributed by atoms with Crippen LogP contribution < -0.4 is 0 Å². The Bertz CT molecular complexity index is 625. The average Bonchev–Trinajstić information content (AvgIpc) is 2.31. The van der Waals surface area contributed by atoms with E-state index >= 15 is 0 Å². The van der Waals surface area contributed by atoms with Crippen molar-refractivity contribution in [2.75, 3.05) is 0 Å². The Labute approximate surface area is 113 Å². The van der Waals surface area contributed by atoms with Gasteiger partial charge in [0.25, 0.3) is 0 Å². The fraction of sp³-hybridized carbons (Fsp3) is 0.143. The van der Waals surface area contributed by atoms with E-state index in [1.165, 1.54) is 12.1 Å². The smallest absolute Gasteiger partial charge is 0.197 e. The molecule has 1 heterocycles. The van der Waals surface area contributed by atoms with Crippen LogP contribution in [0.5, 0.6) is 0 Å². The molecule has 2 rings (SSSR count). The Morgan fingerprint density at radius 2 is 1.89 bits per heavy atom. The summed E-state index contributed by atoms with van der Waals surface area (Å²) in [4.78, 5) is 16.5. The lowest BCUT2D eigenvalue weighted by molar-refractivity contribution is 0.103. The van der Waals surface area contributed by atoms with Crippen molar-refractivity contribution in [3.8, 4) is 0 Å². The highest BCUT2D eigenvalue weighted by Gasteiger charge is 2.16. The number of rotatable bonds is 2. The van der Waals surface area contributed by atoms with Gasteiger partial charge in [-0.1, -0.05) is 15.9 Å². The molecule has 1 aromatic carbocycles. The number of hydrogen-bond donors (Lipinski definition) is 0. The van der Waals surface area contributed by atoms with Gasteiger partial charge in [-0.05, 0) is 44.2 Å². The van der Waals surface area contributed by atoms with Crippen LogP contribution in [0, 0.1) is 19.7 Å². The molecule has 0 spiro atoms. The number of carbonyl (C=O) groups excluding carboxylic acids is 1. The van der Waals surface area contributed by atoms with Gasteiger partial charge in [-0.3, -0.25) is 9.78 Å². The van der Waals surface area contributed by atoms with Crippen molar-refractivity contribution in [2.24, 2.45) is 0 Å². The van der Waals surface area contributed by atoms with Crippen molar-refractivity contribution in [1.82, 2.24) is 4.98 Å². The van der Waals surface area contributed by atoms with Gasteiger partial charge in [0.15, 0.2) is 5.78 Å². The summed E-state index contributed by atoms with van der Waals surface area (Å²) in [6, 6.07) is 7.74. The number of pyridine rings is 1. The van der Waals surface area contributed by atoms with Gasteiger partial charge in [0.2, 0.25) is 0 Å². The Kier molecular flexibility index (Phi) is 3.57. The van der Waals surface area contributed by atoms with Gasteiger partial charge in [0, 0.05) is 21.4 Å². The van der Waals surface area contributed by atoms with Gasteiger partial charge in [0.05, 0.1) is 5.56 Å². The number of hydrogen-bond acceptors (Lipinski definition) is 2. The standard InChI is InChI=1S/C14H11BrFNO/c1-8-3-5-11(9(2)17-8)14(18)12-7-10(15)4-6-13(12)16/h3-7H,1-2H3. The highest BCUT2D eigenvalue weighted by Crippen LogP contribution is 2.20. The molecule has 0 aliphatic heterocycles. The normalized spacial score (nSPS) is 10.4. The monoisotopic (exact) mass is 307 g/mol. The second-order valence-corrected chi connectivity index (χ2v) is 4.95. The fourth-order valence-electron chi connectivity index (χ4n) is 1.74. The lowest BCUT2D eigenvalue weighted by Gasteiger charge is -2.06. The second-order valence-electron chi connectivity index (χ2n) is 4.04. The molecule has 0 amide bonds. The van der Waals surface area contributed by atoms with Crippen LogP contribution in [-0.4, -0.2) is 10.8 Å². The zero-order valence-electron chi connectivity index (χ0n) is 10.00. The van der Waals surface area contributed by atoms with Gasteiger partial charge in [-0.25, -0.2) is 4.39 Å². The molecular formula is C14H11BrFNO. The quantitative estimate of drug-likeness (QED) is 0.789. The van der Waals surface area contributed by atoms with Crippen molar-refractivity contribution in [3.63, 3.8) is 0 Å². The first-order valence-corrected chi connectivity index (χ1v) is 6.22. The molecule has 0 unspecified atom stereocenters. The van der Waals surface area contributed by atoms with Crippen LogP contribution >= 0.6 is 15.9 Å². The fourth-order valence-corrected chi connectivity index (χ4v) is 2.10. The number of benzene rings is 1. The predicted octanol–water partition coefficient (Wildman–Crippen LogP) is 3.83. The van der Waals surface area contributed by atoms with Crippen LogP contribution in [0.2, 0.25) is 0 Å². The number of aryl methyl sites for hydroxylation is 2. The summed E-state index contributed by atoms with van der Waals surface area (Å²) >= 11 is 3.23. The van der Waals surface area contributed by atoms with Crippen molar-refractivity contribution in [2.45, 2.75) is 13.8 Å². The number of carbonyl (C=O) groups is 1. The zero-order chi connectivity index (χ0) is 13.3. The van der Waals surface area contributed by atoms with Crippen LogP contribution in [0.25, 0.3) is 0 Å². The first-order valence-electron chi connectivity index (χ1n) is 5.43. The largest absolute Gasteiger partial charge is 0.288 e. The van der Waals surface area contributed by atoms with Crippen LogP contribution in [0.3, 0.4) is 0 Å². The van der Waals surface area contributed by atoms with Crippen LogP contribution in [0.1, 0.15) is 27.3 Å². The van der Waals surface area contributed by atoms with E-state index in [1.54, 1.807) is 25.1 Å². The molecule has 0 bridgehead atoms. The lowest BCUT2D eigenvalue weighted by atomic mass is 10.0. The van der Waals surface area contributed by atoms with E-state index < -0.39 is 5.82 Å².